The van der Waals surface area contributed by atoms with E-state index in [0.717, 1.165) is 0 Å². The first-order valence-electron chi connectivity index (χ1n) is 7.23. The molecule has 5 nitrogen and oxygen atoms in total. The van der Waals surface area contributed by atoms with Crippen LogP contribution in [0.15, 0.2) is 48.5 Å². The van der Waals surface area contributed by atoms with Crippen molar-refractivity contribution in [1.29, 1.82) is 0 Å². The number of urea groups is 1. The van der Waals surface area contributed by atoms with Crippen LogP contribution >= 0.6 is 11.6 Å². The van der Waals surface area contributed by atoms with E-state index in [2.05, 4.69) is 10.6 Å². The van der Waals surface area contributed by atoms with Gasteiger partial charge < -0.3 is 5.32 Å². The molecule has 0 saturated heterocycles. The molecule has 0 fully saturated rings. The van der Waals surface area contributed by atoms with Gasteiger partial charge in [-0.2, -0.15) is 0 Å². The summed E-state index contributed by atoms with van der Waals surface area (Å²) in [5.41, 5.74) is 0.887. The van der Waals surface area contributed by atoms with Gasteiger partial charge in [0.2, 0.25) is 5.91 Å². The number of carbonyl (C=O) groups excluding carboxylic acids is 2. The Balaban J connectivity index is 1.84. The topological polar surface area (TPSA) is 61.4 Å². The zero-order valence-corrected chi connectivity index (χ0v) is 13.8. The van der Waals surface area contributed by atoms with Crippen molar-refractivity contribution >= 4 is 29.2 Å². The molecule has 7 heteroatoms. The summed E-state index contributed by atoms with van der Waals surface area (Å²) < 4.78 is 13.7. The molecule has 0 aliphatic rings. The summed E-state index contributed by atoms with van der Waals surface area (Å²) in [5, 5.41) is 5.06. The molecular weight excluding hydrogens is 333 g/mol. The average molecular weight is 350 g/mol. The predicted molar refractivity (Wildman–Crippen MR) is 91.3 cm³/mol. The van der Waals surface area contributed by atoms with Gasteiger partial charge in [0, 0.05) is 22.8 Å². The largest absolute Gasteiger partial charge is 0.325 e. The first-order chi connectivity index (χ1) is 11.5. The minimum Gasteiger partial charge on any atom is -0.308 e. The predicted octanol–water partition coefficient (Wildman–Crippen LogP) is 3.26. The number of nitrogens with zero attached hydrogens (tertiary/aromatic N) is 1. The van der Waals surface area contributed by atoms with Crippen LogP contribution in [0.3, 0.4) is 0 Å². The Morgan fingerprint density at radius 2 is 1.83 bits per heavy atom. The van der Waals surface area contributed by atoms with Crippen molar-refractivity contribution in [1.82, 2.24) is 10.2 Å². The van der Waals surface area contributed by atoms with Crippen molar-refractivity contribution in [2.24, 2.45) is 0 Å². The molecule has 0 spiro atoms. The maximum atomic E-state index is 13.7. The number of anilines is 1. The van der Waals surface area contributed by atoms with Gasteiger partial charge in [0.1, 0.15) is 5.82 Å². The summed E-state index contributed by atoms with van der Waals surface area (Å²) in [5.74, 6) is -0.935. The van der Waals surface area contributed by atoms with Crippen LogP contribution in [0.4, 0.5) is 14.9 Å². The number of hydrogen-bond acceptors (Lipinski definition) is 3. The fourth-order valence-electron chi connectivity index (χ4n) is 2.10. The summed E-state index contributed by atoms with van der Waals surface area (Å²) >= 11 is 5.95. The molecule has 0 atom stereocenters. The zero-order valence-electron chi connectivity index (χ0n) is 13.1. The molecule has 0 aliphatic heterocycles. The minimum absolute atomic E-state index is 0.0765. The monoisotopic (exact) mass is 349 g/mol. The number of likely N-dealkylation sites (N-methyl/N-ethyl adjacent to an activating group) is 1. The minimum atomic E-state index is -0.622. The van der Waals surface area contributed by atoms with Gasteiger partial charge >= 0.3 is 6.03 Å². The van der Waals surface area contributed by atoms with Gasteiger partial charge in [-0.25, -0.2) is 9.18 Å². The molecule has 126 valence electrons. The first-order valence-corrected chi connectivity index (χ1v) is 7.61. The Bertz CT molecular complexity index is 705. The number of imide groups is 1. The normalized spacial score (nSPS) is 10.5. The van der Waals surface area contributed by atoms with Crippen molar-refractivity contribution in [2.75, 3.05) is 18.9 Å². The zero-order chi connectivity index (χ0) is 17.5. The number of halogens is 2. The third-order valence-corrected chi connectivity index (χ3v) is 3.54. The molecule has 3 amide bonds. The fraction of sp³-hybridized carbons (Fsp3) is 0.176. The molecule has 2 aromatic rings. The van der Waals surface area contributed by atoms with Crippen LogP contribution in [-0.2, 0) is 11.3 Å². The van der Waals surface area contributed by atoms with Gasteiger partial charge in [-0.1, -0.05) is 35.9 Å². The molecule has 24 heavy (non-hydrogen) atoms. The molecule has 2 aromatic carbocycles. The molecule has 0 unspecified atom stereocenters. The van der Waals surface area contributed by atoms with Crippen molar-refractivity contribution in [3.05, 3.63) is 64.9 Å². The maximum absolute atomic E-state index is 13.7. The molecule has 2 N–H and O–H groups in total. The highest BCUT2D eigenvalue weighted by Gasteiger charge is 2.14. The fourth-order valence-corrected chi connectivity index (χ4v) is 2.33. The smallest absolute Gasteiger partial charge is 0.308 e. The van der Waals surface area contributed by atoms with E-state index in [4.69, 9.17) is 11.6 Å². The van der Waals surface area contributed by atoms with E-state index < -0.39 is 17.8 Å². The van der Waals surface area contributed by atoms with Crippen LogP contribution in [0.1, 0.15) is 5.56 Å². The molecular formula is C17H17ClFN3O2. The SMILES string of the molecule is CN(CC(=O)NC(=O)Nc1ccccc1)Cc1c(F)cccc1Cl. The number of hydrogen-bond donors (Lipinski definition) is 2. The molecule has 0 saturated carbocycles. The number of rotatable bonds is 5. The van der Waals surface area contributed by atoms with Crippen LogP contribution in [-0.4, -0.2) is 30.4 Å². The van der Waals surface area contributed by atoms with Crippen molar-refractivity contribution < 1.29 is 14.0 Å². The van der Waals surface area contributed by atoms with Crippen LogP contribution in [0.25, 0.3) is 0 Å². The van der Waals surface area contributed by atoms with Crippen LogP contribution in [0.2, 0.25) is 5.02 Å². The van der Waals surface area contributed by atoms with Gasteiger partial charge in [0.15, 0.2) is 0 Å². The van der Waals surface area contributed by atoms with Crippen molar-refractivity contribution in [2.45, 2.75) is 6.54 Å². The Morgan fingerprint density at radius 1 is 1.12 bits per heavy atom. The Kier molecular flexibility index (Phi) is 6.28. The maximum Gasteiger partial charge on any atom is 0.325 e. The van der Waals surface area contributed by atoms with Gasteiger partial charge in [-0.05, 0) is 31.3 Å². The third-order valence-electron chi connectivity index (χ3n) is 3.19. The molecule has 2 rings (SSSR count). The van der Waals surface area contributed by atoms with Crippen molar-refractivity contribution in [3.8, 4) is 0 Å². The summed E-state index contributed by atoms with van der Waals surface area (Å²) in [6.45, 7) is 0.0755. The Morgan fingerprint density at radius 3 is 2.50 bits per heavy atom. The van der Waals surface area contributed by atoms with E-state index in [-0.39, 0.29) is 13.1 Å². The Labute approximate surface area is 144 Å². The lowest BCUT2D eigenvalue weighted by Crippen LogP contribution is -2.40. The Hall–Kier alpha value is -2.44. The van der Waals surface area contributed by atoms with Gasteiger partial charge in [-0.15, -0.1) is 0 Å². The first kappa shape index (κ1) is 17.9. The van der Waals surface area contributed by atoms with Crippen LogP contribution < -0.4 is 10.6 Å². The lowest BCUT2D eigenvalue weighted by Gasteiger charge is -2.17. The highest BCUT2D eigenvalue weighted by Crippen LogP contribution is 2.20. The van der Waals surface area contributed by atoms with Crippen molar-refractivity contribution in [3.63, 3.8) is 0 Å². The molecule has 0 bridgehead atoms. The van der Waals surface area contributed by atoms with Gasteiger partial charge in [0.05, 0.1) is 6.54 Å². The number of para-hydroxylation sites is 1. The highest BCUT2D eigenvalue weighted by atomic mass is 35.5. The summed E-state index contributed by atoms with van der Waals surface area (Å²) in [7, 11) is 1.64. The third kappa shape index (κ3) is 5.33. The quantitative estimate of drug-likeness (QED) is 0.871. The lowest BCUT2D eigenvalue weighted by atomic mass is 10.2. The summed E-state index contributed by atoms with van der Waals surface area (Å²) in [6.07, 6.45) is 0. The van der Waals surface area contributed by atoms with E-state index in [1.807, 2.05) is 6.07 Å². The van der Waals surface area contributed by atoms with E-state index in [1.165, 1.54) is 12.1 Å². The second-order valence-electron chi connectivity index (χ2n) is 5.24. The van der Waals surface area contributed by atoms with Crippen LogP contribution in [0, 0.1) is 5.82 Å². The number of amides is 3. The standard InChI is InChI=1S/C17H17ClFN3O2/c1-22(10-13-14(18)8-5-9-15(13)19)11-16(23)21-17(24)20-12-6-3-2-4-7-12/h2-9H,10-11H2,1H3,(H2,20,21,23,24). The average Bonchev–Trinajstić information content (AvgIpc) is 2.51. The number of carbonyl (C=O) groups is 2. The number of nitrogens with one attached hydrogen (secondary N) is 2. The van der Waals surface area contributed by atoms with E-state index in [0.29, 0.717) is 16.3 Å². The molecule has 0 aromatic heterocycles. The second-order valence-corrected chi connectivity index (χ2v) is 5.65. The van der Waals surface area contributed by atoms with E-state index >= 15 is 0 Å². The summed E-state index contributed by atoms with van der Waals surface area (Å²) in [4.78, 5) is 25.2. The summed E-state index contributed by atoms with van der Waals surface area (Å²) in [6, 6.07) is 12.5. The second kappa shape index (κ2) is 8.42. The van der Waals surface area contributed by atoms with E-state index in [9.17, 15) is 14.0 Å². The van der Waals surface area contributed by atoms with Crippen LogP contribution in [0.5, 0.6) is 0 Å². The lowest BCUT2D eigenvalue weighted by molar-refractivity contribution is -0.120. The number of benzene rings is 2. The van der Waals surface area contributed by atoms with Gasteiger partial charge in [0.25, 0.3) is 0 Å². The molecule has 0 aliphatic carbocycles. The molecule has 0 heterocycles. The van der Waals surface area contributed by atoms with Gasteiger partial charge in [-0.3, -0.25) is 15.0 Å². The molecule has 0 radical (unpaired) electrons. The highest BCUT2D eigenvalue weighted by molar-refractivity contribution is 6.31. The van der Waals surface area contributed by atoms with E-state index in [1.54, 1.807) is 42.3 Å².